The average molecular weight is 514 g/mol. The van der Waals surface area contributed by atoms with Crippen LogP contribution in [0.25, 0.3) is 0 Å². The molecule has 15 nitrogen and oxygen atoms in total. The van der Waals surface area contributed by atoms with Gasteiger partial charge in [-0.25, -0.2) is 14.6 Å². The SMILES string of the molecule is O=C(OC(=O)C(F)(F)F)[C@H](Cc1cnc[nH]1)NCCCNCCCC[C@@H](CO[N+](=O)[O-])O[N+](=O)[O-]. The molecule has 0 spiro atoms. The lowest BCUT2D eigenvalue weighted by atomic mass is 10.1. The first kappa shape index (κ1) is 29.5. The zero-order valence-corrected chi connectivity index (χ0v) is 18.3. The normalized spacial score (nSPS) is 13.0. The van der Waals surface area contributed by atoms with E-state index in [-0.39, 0.29) is 19.4 Å². The number of carbonyl (C=O) groups is 2. The maximum Gasteiger partial charge on any atom is 0.491 e. The highest BCUT2D eigenvalue weighted by molar-refractivity contribution is 5.91. The second-order valence-electron chi connectivity index (χ2n) is 7.06. The average Bonchev–Trinajstić information content (AvgIpc) is 3.27. The molecule has 0 aliphatic heterocycles. The topological polar surface area (TPSA) is 201 Å². The van der Waals surface area contributed by atoms with E-state index in [0.29, 0.717) is 38.0 Å². The standard InChI is InChI=1S/C17H25F3N6O9/c18-17(19,20)16(28)34-15(27)14(8-12-9-22-11-24-12)23-7-3-6-21-5-2-1-4-13(35-26(31)32)10-33-25(29)30/h9,11,13-14,21,23H,1-8,10H2,(H,22,24)/t13-,14-/m0/s1. The summed E-state index contributed by atoms with van der Waals surface area (Å²) >= 11 is 0. The van der Waals surface area contributed by atoms with Crippen molar-refractivity contribution in [3.8, 4) is 0 Å². The van der Waals surface area contributed by atoms with Gasteiger partial charge < -0.3 is 30.0 Å². The van der Waals surface area contributed by atoms with Crippen molar-refractivity contribution in [3.63, 3.8) is 0 Å². The van der Waals surface area contributed by atoms with Crippen molar-refractivity contribution in [2.45, 2.75) is 50.4 Å². The van der Waals surface area contributed by atoms with Crippen LogP contribution in [0.15, 0.2) is 12.5 Å². The van der Waals surface area contributed by atoms with Gasteiger partial charge in [-0.15, -0.1) is 20.2 Å². The van der Waals surface area contributed by atoms with Crippen molar-refractivity contribution < 1.29 is 47.3 Å². The van der Waals surface area contributed by atoms with E-state index in [1.54, 1.807) is 0 Å². The number of alkyl halides is 3. The summed E-state index contributed by atoms with van der Waals surface area (Å²) in [5.41, 5.74) is 0.444. The van der Waals surface area contributed by atoms with E-state index in [4.69, 9.17) is 0 Å². The Balaban J connectivity index is 2.31. The molecule has 0 saturated heterocycles. The summed E-state index contributed by atoms with van der Waals surface area (Å²) in [6.07, 6.45) is -2.11. The number of nitrogens with one attached hydrogen (secondary N) is 3. The molecule has 0 saturated carbocycles. The van der Waals surface area contributed by atoms with Gasteiger partial charge in [0.15, 0.2) is 0 Å². The number of H-pyrrole nitrogens is 1. The van der Waals surface area contributed by atoms with Gasteiger partial charge in [0.25, 0.3) is 10.2 Å². The minimum absolute atomic E-state index is 0.0784. The number of ether oxygens (including phenoxy) is 1. The largest absolute Gasteiger partial charge is 0.491 e. The lowest BCUT2D eigenvalue weighted by Gasteiger charge is -2.17. The van der Waals surface area contributed by atoms with Crippen molar-refractivity contribution in [2.75, 3.05) is 26.2 Å². The highest BCUT2D eigenvalue weighted by atomic mass is 19.4. The summed E-state index contributed by atoms with van der Waals surface area (Å²) in [4.78, 5) is 58.4. The number of rotatable bonds is 18. The molecule has 1 aromatic rings. The van der Waals surface area contributed by atoms with E-state index in [1.807, 2.05) is 0 Å². The Kier molecular flexibility index (Phi) is 13.0. The van der Waals surface area contributed by atoms with Gasteiger partial charge in [0.2, 0.25) is 0 Å². The lowest BCUT2D eigenvalue weighted by Crippen LogP contribution is -2.43. The fourth-order valence-corrected chi connectivity index (χ4v) is 2.74. The molecule has 0 fully saturated rings. The van der Waals surface area contributed by atoms with Crippen LogP contribution in [0.4, 0.5) is 13.2 Å². The number of aromatic amines is 1. The highest BCUT2D eigenvalue weighted by Gasteiger charge is 2.43. The maximum absolute atomic E-state index is 12.4. The predicted molar refractivity (Wildman–Crippen MR) is 107 cm³/mol. The molecule has 1 heterocycles. The molecule has 0 aliphatic rings. The molecule has 0 aromatic carbocycles. The smallest absolute Gasteiger partial charge is 0.385 e. The summed E-state index contributed by atoms with van der Waals surface area (Å²) in [5, 5.41) is 24.3. The van der Waals surface area contributed by atoms with E-state index in [2.05, 4.69) is 35.0 Å². The van der Waals surface area contributed by atoms with Gasteiger partial charge in [0.1, 0.15) is 18.8 Å². The highest BCUT2D eigenvalue weighted by Crippen LogP contribution is 2.17. The predicted octanol–water partition coefficient (Wildman–Crippen LogP) is 0.478. The number of nitrogens with zero attached hydrogens (tertiary/aromatic N) is 3. The minimum atomic E-state index is -5.30. The van der Waals surface area contributed by atoms with E-state index in [9.17, 15) is 43.0 Å². The lowest BCUT2D eigenvalue weighted by molar-refractivity contribution is -0.790. The molecule has 3 N–H and O–H groups in total. The first-order valence-electron chi connectivity index (χ1n) is 10.3. The summed E-state index contributed by atoms with van der Waals surface area (Å²) < 4.78 is 41.0. The van der Waals surface area contributed by atoms with Crippen molar-refractivity contribution in [1.82, 2.24) is 20.6 Å². The second kappa shape index (κ2) is 15.4. The first-order valence-corrected chi connectivity index (χ1v) is 10.3. The number of hydrogen-bond donors (Lipinski definition) is 3. The molecule has 18 heteroatoms. The molecule has 198 valence electrons. The Morgan fingerprint density at radius 1 is 1.11 bits per heavy atom. The summed E-state index contributed by atoms with van der Waals surface area (Å²) in [5.74, 6) is -3.97. The van der Waals surface area contributed by atoms with Crippen LogP contribution >= 0.6 is 0 Å². The van der Waals surface area contributed by atoms with Gasteiger partial charge in [-0.05, 0) is 45.3 Å². The fraction of sp³-hybridized carbons (Fsp3) is 0.706. The zero-order chi connectivity index (χ0) is 26.3. The van der Waals surface area contributed by atoms with E-state index >= 15 is 0 Å². The van der Waals surface area contributed by atoms with Crippen LogP contribution in [-0.2, 0) is 30.4 Å². The van der Waals surface area contributed by atoms with Crippen molar-refractivity contribution in [3.05, 3.63) is 38.4 Å². The van der Waals surface area contributed by atoms with Crippen LogP contribution in [0.1, 0.15) is 31.4 Å². The summed E-state index contributed by atoms with van der Waals surface area (Å²) in [6, 6.07) is -1.22. The molecule has 35 heavy (non-hydrogen) atoms. The molecule has 0 aliphatic carbocycles. The van der Waals surface area contributed by atoms with E-state index in [0.717, 1.165) is 0 Å². The first-order chi connectivity index (χ1) is 16.5. The fourth-order valence-electron chi connectivity index (χ4n) is 2.74. The van der Waals surface area contributed by atoms with Crippen LogP contribution in [0.5, 0.6) is 0 Å². The number of hydrogen-bond acceptors (Lipinski definition) is 12. The maximum atomic E-state index is 12.4. The van der Waals surface area contributed by atoms with Crippen LogP contribution in [0.3, 0.4) is 0 Å². The molecule has 2 atom stereocenters. The molecule has 0 bridgehead atoms. The number of carbonyl (C=O) groups excluding carboxylic acids is 2. The number of unbranched alkanes of at least 4 members (excludes halogenated alkanes) is 1. The van der Waals surface area contributed by atoms with Crippen molar-refractivity contribution in [2.24, 2.45) is 0 Å². The Morgan fingerprint density at radius 2 is 1.83 bits per heavy atom. The number of aromatic nitrogens is 2. The monoisotopic (exact) mass is 514 g/mol. The van der Waals surface area contributed by atoms with Gasteiger partial charge >= 0.3 is 18.1 Å². The number of halogens is 3. The van der Waals surface area contributed by atoms with Crippen LogP contribution in [0, 0.1) is 20.2 Å². The number of imidazole rings is 1. The molecule has 0 radical (unpaired) electrons. The Bertz CT molecular complexity index is 810. The van der Waals surface area contributed by atoms with Gasteiger partial charge in [0.05, 0.1) is 6.33 Å². The molecule has 0 unspecified atom stereocenters. The zero-order valence-electron chi connectivity index (χ0n) is 18.3. The third-order valence-electron chi connectivity index (χ3n) is 4.34. The van der Waals surface area contributed by atoms with Gasteiger partial charge in [-0.3, -0.25) is 0 Å². The van der Waals surface area contributed by atoms with Crippen LogP contribution in [-0.4, -0.2) is 76.6 Å². The molecular formula is C17H25F3N6O9. The van der Waals surface area contributed by atoms with E-state index < -0.39 is 47.0 Å². The van der Waals surface area contributed by atoms with Gasteiger partial charge in [0, 0.05) is 18.3 Å². The summed E-state index contributed by atoms with van der Waals surface area (Å²) in [7, 11) is 0. The molecule has 0 amide bonds. The van der Waals surface area contributed by atoms with Crippen molar-refractivity contribution >= 4 is 11.9 Å². The third-order valence-corrected chi connectivity index (χ3v) is 4.34. The third kappa shape index (κ3) is 13.7. The summed E-state index contributed by atoms with van der Waals surface area (Å²) in [6.45, 7) is 0.600. The molecule has 1 rings (SSSR count). The molecule has 1 aromatic heterocycles. The Morgan fingerprint density at radius 3 is 2.43 bits per heavy atom. The van der Waals surface area contributed by atoms with Crippen molar-refractivity contribution in [1.29, 1.82) is 0 Å². The minimum Gasteiger partial charge on any atom is -0.385 e. The van der Waals surface area contributed by atoms with Crippen LogP contribution < -0.4 is 10.6 Å². The molecular weight excluding hydrogens is 489 g/mol. The second-order valence-corrected chi connectivity index (χ2v) is 7.06. The van der Waals surface area contributed by atoms with E-state index in [1.165, 1.54) is 12.5 Å². The Hall–Kier alpha value is -3.54. The number of esters is 2. The van der Waals surface area contributed by atoms with Gasteiger partial charge in [-0.1, -0.05) is 0 Å². The van der Waals surface area contributed by atoms with Crippen LogP contribution in [0.2, 0.25) is 0 Å². The van der Waals surface area contributed by atoms with Gasteiger partial charge in [-0.2, -0.15) is 13.2 Å². The quantitative estimate of drug-likeness (QED) is 0.0805. The Labute approximate surface area is 195 Å².